The van der Waals surface area contributed by atoms with Crippen LogP contribution in [0.1, 0.15) is 40.0 Å². The van der Waals surface area contributed by atoms with E-state index in [0.717, 1.165) is 12.0 Å². The molecule has 2 heteroatoms. The molecule has 0 bridgehead atoms. The monoisotopic (exact) mass is 222 g/mol. The Morgan fingerprint density at radius 2 is 2.19 bits per heavy atom. The topological polar surface area (TPSA) is 15.3 Å². The molecule has 0 spiro atoms. The summed E-state index contributed by atoms with van der Waals surface area (Å²) in [5.41, 5.74) is 1.54. The van der Waals surface area contributed by atoms with E-state index in [-0.39, 0.29) is 0 Å². The number of hydrogen-bond acceptors (Lipinski definition) is 2. The fraction of sp³-hybridized carbons (Fsp3) is 0.857. The molecule has 0 saturated heterocycles. The lowest BCUT2D eigenvalue weighted by atomic mass is 9.99. The smallest absolute Gasteiger partial charge is 0.0247 e. The quantitative estimate of drug-likeness (QED) is 0.719. The third-order valence-corrected chi connectivity index (χ3v) is 3.79. The Bertz CT molecular complexity index is 253. The van der Waals surface area contributed by atoms with Gasteiger partial charge >= 0.3 is 0 Å². The summed E-state index contributed by atoms with van der Waals surface area (Å²) in [6.07, 6.45) is 6.41. The minimum Gasteiger partial charge on any atom is -0.312 e. The van der Waals surface area contributed by atoms with Crippen LogP contribution >= 0.6 is 0 Å². The van der Waals surface area contributed by atoms with Crippen LogP contribution < -0.4 is 5.32 Å². The van der Waals surface area contributed by atoms with Gasteiger partial charge in [-0.15, -0.1) is 0 Å². The van der Waals surface area contributed by atoms with Crippen LogP contribution in [0.25, 0.3) is 0 Å². The Hall–Kier alpha value is -0.340. The van der Waals surface area contributed by atoms with Crippen molar-refractivity contribution in [1.29, 1.82) is 0 Å². The highest BCUT2D eigenvalue weighted by molar-refractivity contribution is 5.06. The van der Waals surface area contributed by atoms with E-state index in [4.69, 9.17) is 0 Å². The summed E-state index contributed by atoms with van der Waals surface area (Å²) < 4.78 is 0. The molecule has 1 saturated carbocycles. The lowest BCUT2D eigenvalue weighted by Crippen LogP contribution is -2.48. The second-order valence-electron chi connectivity index (χ2n) is 5.80. The van der Waals surface area contributed by atoms with Gasteiger partial charge in [0, 0.05) is 31.7 Å². The highest BCUT2D eigenvalue weighted by atomic mass is 15.2. The third-order valence-electron chi connectivity index (χ3n) is 3.79. The van der Waals surface area contributed by atoms with Crippen LogP contribution in [0.2, 0.25) is 0 Å². The van der Waals surface area contributed by atoms with E-state index in [2.05, 4.69) is 37.1 Å². The van der Waals surface area contributed by atoms with Crippen LogP contribution in [-0.2, 0) is 0 Å². The summed E-state index contributed by atoms with van der Waals surface area (Å²) >= 11 is 0. The Morgan fingerprint density at radius 1 is 1.44 bits per heavy atom. The Morgan fingerprint density at radius 3 is 2.75 bits per heavy atom. The Labute approximate surface area is 100 Å². The molecule has 1 aliphatic heterocycles. The minimum absolute atomic E-state index is 0.712. The molecule has 1 unspecified atom stereocenters. The van der Waals surface area contributed by atoms with Crippen molar-refractivity contribution in [2.75, 3.05) is 19.6 Å². The number of nitrogens with zero attached hydrogens (tertiary/aromatic N) is 1. The Balaban J connectivity index is 1.87. The molecular formula is C14H26N2. The average Bonchev–Trinajstić information content (AvgIpc) is 3.01. The normalized spacial score (nSPS) is 24.6. The van der Waals surface area contributed by atoms with Gasteiger partial charge in [-0.05, 0) is 32.1 Å². The van der Waals surface area contributed by atoms with E-state index in [1.165, 1.54) is 38.9 Å². The molecule has 0 aromatic rings. The second-order valence-corrected chi connectivity index (χ2v) is 5.80. The van der Waals surface area contributed by atoms with Crippen LogP contribution in [0.15, 0.2) is 11.6 Å². The number of nitrogens with one attached hydrogen (secondary N) is 1. The number of rotatable bonds is 5. The summed E-state index contributed by atoms with van der Waals surface area (Å²) in [6, 6.07) is 1.55. The molecule has 0 aromatic carbocycles. The summed E-state index contributed by atoms with van der Waals surface area (Å²) in [4.78, 5) is 2.66. The first-order valence-electron chi connectivity index (χ1n) is 6.80. The molecule has 1 heterocycles. The molecule has 1 atom stereocenters. The standard InChI is InChI=1S/C14H26N2/c1-11(2)14(9-15-13-6-7-13)16-8-4-5-12(3)10-16/h5,11,13-15H,4,6-10H2,1-3H3. The van der Waals surface area contributed by atoms with Crippen LogP contribution in [0.5, 0.6) is 0 Å². The van der Waals surface area contributed by atoms with Crippen molar-refractivity contribution >= 4 is 0 Å². The summed E-state index contributed by atoms with van der Waals surface area (Å²) in [5.74, 6) is 0.747. The SMILES string of the molecule is CC1=CCCN(C(CNC2CC2)C(C)C)C1. The van der Waals surface area contributed by atoms with Crippen LogP contribution in [0.4, 0.5) is 0 Å². The van der Waals surface area contributed by atoms with E-state index >= 15 is 0 Å². The zero-order valence-corrected chi connectivity index (χ0v) is 11.0. The molecule has 1 aliphatic carbocycles. The van der Waals surface area contributed by atoms with Crippen molar-refractivity contribution < 1.29 is 0 Å². The van der Waals surface area contributed by atoms with Crippen molar-refractivity contribution in [3.05, 3.63) is 11.6 Å². The van der Waals surface area contributed by atoms with Gasteiger partial charge in [-0.3, -0.25) is 4.90 Å². The van der Waals surface area contributed by atoms with Gasteiger partial charge in [0.05, 0.1) is 0 Å². The molecule has 0 aromatic heterocycles. The van der Waals surface area contributed by atoms with E-state index < -0.39 is 0 Å². The maximum Gasteiger partial charge on any atom is 0.0247 e. The van der Waals surface area contributed by atoms with Crippen molar-refractivity contribution in [3.63, 3.8) is 0 Å². The fourth-order valence-electron chi connectivity index (χ4n) is 2.59. The molecule has 2 nitrogen and oxygen atoms in total. The third kappa shape index (κ3) is 3.33. The number of hydrogen-bond donors (Lipinski definition) is 1. The van der Waals surface area contributed by atoms with Gasteiger partial charge in [-0.2, -0.15) is 0 Å². The van der Waals surface area contributed by atoms with Crippen LogP contribution in [0, 0.1) is 5.92 Å². The minimum atomic E-state index is 0.712. The van der Waals surface area contributed by atoms with Gasteiger partial charge in [0.2, 0.25) is 0 Å². The van der Waals surface area contributed by atoms with E-state index in [1.54, 1.807) is 5.57 Å². The second kappa shape index (κ2) is 5.33. The summed E-state index contributed by atoms with van der Waals surface area (Å²) in [5, 5.41) is 3.69. The molecule has 1 fully saturated rings. The van der Waals surface area contributed by atoms with Gasteiger partial charge in [0.1, 0.15) is 0 Å². The largest absolute Gasteiger partial charge is 0.312 e. The molecule has 2 rings (SSSR count). The summed E-state index contributed by atoms with van der Waals surface area (Å²) in [6.45, 7) is 10.6. The highest BCUT2D eigenvalue weighted by Gasteiger charge is 2.26. The van der Waals surface area contributed by atoms with Gasteiger partial charge in [-0.1, -0.05) is 25.5 Å². The van der Waals surface area contributed by atoms with E-state index in [0.29, 0.717) is 6.04 Å². The molecule has 0 radical (unpaired) electrons. The molecule has 92 valence electrons. The van der Waals surface area contributed by atoms with Crippen LogP contribution in [-0.4, -0.2) is 36.6 Å². The van der Waals surface area contributed by atoms with Gasteiger partial charge in [-0.25, -0.2) is 0 Å². The van der Waals surface area contributed by atoms with Crippen LogP contribution in [0.3, 0.4) is 0 Å². The average molecular weight is 222 g/mol. The van der Waals surface area contributed by atoms with Crippen molar-refractivity contribution in [3.8, 4) is 0 Å². The predicted octanol–water partition coefficient (Wildman–Crippen LogP) is 2.42. The Kier molecular flexibility index (Phi) is 4.04. The predicted molar refractivity (Wildman–Crippen MR) is 69.6 cm³/mol. The zero-order chi connectivity index (χ0) is 11.5. The van der Waals surface area contributed by atoms with Crippen molar-refractivity contribution in [2.45, 2.75) is 52.1 Å². The first-order valence-corrected chi connectivity index (χ1v) is 6.80. The lowest BCUT2D eigenvalue weighted by molar-refractivity contribution is 0.160. The maximum absolute atomic E-state index is 3.69. The molecule has 16 heavy (non-hydrogen) atoms. The molecule has 1 N–H and O–H groups in total. The van der Waals surface area contributed by atoms with E-state index in [1.807, 2.05) is 0 Å². The lowest BCUT2D eigenvalue weighted by Gasteiger charge is -2.36. The highest BCUT2D eigenvalue weighted by Crippen LogP contribution is 2.21. The fourth-order valence-corrected chi connectivity index (χ4v) is 2.59. The summed E-state index contributed by atoms with van der Waals surface area (Å²) in [7, 11) is 0. The first kappa shape index (κ1) is 12.1. The maximum atomic E-state index is 3.69. The van der Waals surface area contributed by atoms with Crippen molar-refractivity contribution in [1.82, 2.24) is 10.2 Å². The van der Waals surface area contributed by atoms with Crippen molar-refractivity contribution in [2.24, 2.45) is 5.92 Å². The van der Waals surface area contributed by atoms with Gasteiger partial charge in [0.15, 0.2) is 0 Å². The molecule has 2 aliphatic rings. The first-order chi connectivity index (χ1) is 7.66. The van der Waals surface area contributed by atoms with Gasteiger partial charge in [0.25, 0.3) is 0 Å². The molecular weight excluding hydrogens is 196 g/mol. The zero-order valence-electron chi connectivity index (χ0n) is 11.0. The molecule has 0 amide bonds. The van der Waals surface area contributed by atoms with Gasteiger partial charge < -0.3 is 5.32 Å². The van der Waals surface area contributed by atoms with E-state index in [9.17, 15) is 0 Å².